The molecule has 0 aliphatic carbocycles. The van der Waals surface area contributed by atoms with E-state index in [0.717, 1.165) is 12.0 Å². The van der Waals surface area contributed by atoms with Gasteiger partial charge in [-0.1, -0.05) is 37.1 Å². The van der Waals surface area contributed by atoms with Crippen LogP contribution in [0.4, 0.5) is 0 Å². The molecule has 0 spiro atoms. The first-order chi connectivity index (χ1) is 6.62. The summed E-state index contributed by atoms with van der Waals surface area (Å²) in [4.78, 5) is 0. The molecule has 1 rings (SSSR count). The zero-order valence-electron chi connectivity index (χ0n) is 8.33. The van der Waals surface area contributed by atoms with Gasteiger partial charge in [-0.15, -0.1) is 0 Å². The minimum Gasteiger partial charge on any atom is -0.384 e. The second kappa shape index (κ2) is 4.78. The molecule has 0 aromatic heterocycles. The number of benzene rings is 1. The molecule has 0 aliphatic heterocycles. The van der Waals surface area contributed by atoms with Crippen LogP contribution in [0.15, 0.2) is 24.3 Å². The molecule has 0 radical (unpaired) electrons. The monoisotopic (exact) mass is 213 g/mol. The average Bonchev–Trinajstić information content (AvgIpc) is 2.18. The molecule has 0 heterocycles. The van der Waals surface area contributed by atoms with Gasteiger partial charge in [0.1, 0.15) is 5.60 Å². The molecule has 0 aliphatic rings. The van der Waals surface area contributed by atoms with E-state index in [1.54, 1.807) is 12.1 Å². The first-order valence-corrected chi connectivity index (χ1v) is 5.18. The highest BCUT2D eigenvalue weighted by Gasteiger charge is 2.26. The summed E-state index contributed by atoms with van der Waals surface area (Å²) in [6.07, 6.45) is 1.55. The van der Waals surface area contributed by atoms with Crippen molar-refractivity contribution >= 4 is 11.6 Å². The fourth-order valence-electron chi connectivity index (χ4n) is 1.56. The minimum absolute atomic E-state index is 0.223. The number of hydrogen-bond donors (Lipinski definition) is 2. The van der Waals surface area contributed by atoms with Crippen LogP contribution >= 0.6 is 11.6 Å². The summed E-state index contributed by atoms with van der Waals surface area (Å²) in [6.45, 7) is 2.24. The van der Waals surface area contributed by atoms with Crippen molar-refractivity contribution < 1.29 is 5.11 Å². The average molecular weight is 214 g/mol. The standard InChI is InChI=1S/C11H16ClNO/c1-2-6-11(14,8-13)9-4-3-5-10(12)7-9/h3-5,7,14H,2,6,8,13H2,1H3. The topological polar surface area (TPSA) is 46.2 Å². The number of aliphatic hydroxyl groups is 1. The molecule has 3 N–H and O–H groups in total. The molecule has 3 heteroatoms. The number of nitrogens with two attached hydrogens (primary N) is 1. The molecule has 1 aromatic rings. The number of hydrogen-bond acceptors (Lipinski definition) is 2. The zero-order chi connectivity index (χ0) is 10.6. The maximum Gasteiger partial charge on any atom is 0.102 e. The van der Waals surface area contributed by atoms with Gasteiger partial charge in [0.25, 0.3) is 0 Å². The normalized spacial score (nSPS) is 15.1. The molecule has 1 atom stereocenters. The Morgan fingerprint density at radius 2 is 2.21 bits per heavy atom. The molecule has 14 heavy (non-hydrogen) atoms. The van der Waals surface area contributed by atoms with E-state index < -0.39 is 5.60 Å². The van der Waals surface area contributed by atoms with Gasteiger partial charge in [-0.05, 0) is 24.1 Å². The van der Waals surface area contributed by atoms with E-state index in [4.69, 9.17) is 17.3 Å². The van der Waals surface area contributed by atoms with Crippen LogP contribution in [0.3, 0.4) is 0 Å². The van der Waals surface area contributed by atoms with Crippen molar-refractivity contribution in [2.45, 2.75) is 25.4 Å². The van der Waals surface area contributed by atoms with Gasteiger partial charge in [-0.2, -0.15) is 0 Å². The van der Waals surface area contributed by atoms with Crippen LogP contribution in [-0.2, 0) is 5.60 Å². The smallest absolute Gasteiger partial charge is 0.102 e. The molecule has 0 saturated carbocycles. The van der Waals surface area contributed by atoms with Crippen molar-refractivity contribution in [2.75, 3.05) is 6.54 Å². The third-order valence-electron chi connectivity index (χ3n) is 2.36. The van der Waals surface area contributed by atoms with Crippen LogP contribution in [0.25, 0.3) is 0 Å². The van der Waals surface area contributed by atoms with Crippen LogP contribution in [0.5, 0.6) is 0 Å². The molecule has 0 bridgehead atoms. The highest BCUT2D eigenvalue weighted by molar-refractivity contribution is 6.30. The first-order valence-electron chi connectivity index (χ1n) is 4.81. The predicted octanol–water partition coefficient (Wildman–Crippen LogP) is 2.29. The van der Waals surface area contributed by atoms with E-state index >= 15 is 0 Å². The van der Waals surface area contributed by atoms with Gasteiger partial charge < -0.3 is 10.8 Å². The Labute approximate surface area is 89.7 Å². The summed E-state index contributed by atoms with van der Waals surface area (Å²) in [5.41, 5.74) is 5.45. The van der Waals surface area contributed by atoms with Gasteiger partial charge in [0.2, 0.25) is 0 Å². The first kappa shape index (κ1) is 11.5. The Hall–Kier alpha value is -0.570. The third-order valence-corrected chi connectivity index (χ3v) is 2.60. The molecule has 2 nitrogen and oxygen atoms in total. The molecular weight excluding hydrogens is 198 g/mol. The lowest BCUT2D eigenvalue weighted by atomic mass is 9.89. The lowest BCUT2D eigenvalue weighted by Gasteiger charge is -2.26. The molecule has 0 fully saturated rings. The second-order valence-electron chi connectivity index (χ2n) is 3.50. The fraction of sp³-hybridized carbons (Fsp3) is 0.455. The van der Waals surface area contributed by atoms with Crippen molar-refractivity contribution in [3.8, 4) is 0 Å². The summed E-state index contributed by atoms with van der Waals surface area (Å²) in [5, 5.41) is 10.9. The Kier molecular flexibility index (Phi) is 3.93. The third kappa shape index (κ3) is 2.47. The molecule has 0 amide bonds. The largest absolute Gasteiger partial charge is 0.384 e. The van der Waals surface area contributed by atoms with E-state index in [-0.39, 0.29) is 6.54 Å². The molecule has 1 aromatic carbocycles. The van der Waals surface area contributed by atoms with Crippen molar-refractivity contribution in [2.24, 2.45) is 5.73 Å². The van der Waals surface area contributed by atoms with Crippen LogP contribution in [0.2, 0.25) is 5.02 Å². The van der Waals surface area contributed by atoms with Gasteiger partial charge in [0, 0.05) is 11.6 Å². The molecule has 78 valence electrons. The lowest BCUT2D eigenvalue weighted by molar-refractivity contribution is 0.0359. The van der Waals surface area contributed by atoms with Gasteiger partial charge >= 0.3 is 0 Å². The predicted molar refractivity (Wildman–Crippen MR) is 59.3 cm³/mol. The van der Waals surface area contributed by atoms with Gasteiger partial charge in [0.15, 0.2) is 0 Å². The molecular formula is C11H16ClNO. The van der Waals surface area contributed by atoms with Crippen molar-refractivity contribution in [3.63, 3.8) is 0 Å². The maximum atomic E-state index is 10.2. The van der Waals surface area contributed by atoms with Crippen LogP contribution in [0, 0.1) is 0 Å². The van der Waals surface area contributed by atoms with Crippen molar-refractivity contribution in [3.05, 3.63) is 34.9 Å². The van der Waals surface area contributed by atoms with Gasteiger partial charge in [0.05, 0.1) is 0 Å². The molecule has 1 unspecified atom stereocenters. The van der Waals surface area contributed by atoms with Gasteiger partial charge in [-0.25, -0.2) is 0 Å². The van der Waals surface area contributed by atoms with E-state index in [9.17, 15) is 5.11 Å². The SMILES string of the molecule is CCCC(O)(CN)c1cccc(Cl)c1. The summed E-state index contributed by atoms with van der Waals surface area (Å²) in [7, 11) is 0. The van der Waals surface area contributed by atoms with E-state index in [2.05, 4.69) is 0 Å². The van der Waals surface area contributed by atoms with Crippen LogP contribution in [-0.4, -0.2) is 11.7 Å². The van der Waals surface area contributed by atoms with Crippen LogP contribution in [0.1, 0.15) is 25.3 Å². The fourth-order valence-corrected chi connectivity index (χ4v) is 1.75. The summed E-state index contributed by atoms with van der Waals surface area (Å²) in [6, 6.07) is 7.24. The van der Waals surface area contributed by atoms with Crippen molar-refractivity contribution in [1.29, 1.82) is 0 Å². The zero-order valence-corrected chi connectivity index (χ0v) is 9.09. The van der Waals surface area contributed by atoms with E-state index in [0.29, 0.717) is 11.4 Å². The Bertz CT molecular complexity index is 303. The minimum atomic E-state index is -0.931. The lowest BCUT2D eigenvalue weighted by Crippen LogP contribution is -2.34. The second-order valence-corrected chi connectivity index (χ2v) is 3.93. The quantitative estimate of drug-likeness (QED) is 0.806. The van der Waals surface area contributed by atoms with Gasteiger partial charge in [-0.3, -0.25) is 0 Å². The molecule has 0 saturated heterocycles. The summed E-state index contributed by atoms with van der Waals surface area (Å²) in [5.74, 6) is 0. The van der Waals surface area contributed by atoms with Crippen molar-refractivity contribution in [1.82, 2.24) is 0 Å². The summed E-state index contributed by atoms with van der Waals surface area (Å²) < 4.78 is 0. The van der Waals surface area contributed by atoms with Crippen LogP contribution < -0.4 is 5.73 Å². The van der Waals surface area contributed by atoms with E-state index in [1.807, 2.05) is 19.1 Å². The summed E-state index contributed by atoms with van der Waals surface area (Å²) >= 11 is 5.86. The highest BCUT2D eigenvalue weighted by Crippen LogP contribution is 2.27. The Morgan fingerprint density at radius 3 is 2.71 bits per heavy atom. The number of rotatable bonds is 4. The van der Waals surface area contributed by atoms with E-state index in [1.165, 1.54) is 0 Å². The maximum absolute atomic E-state index is 10.2. The Morgan fingerprint density at radius 1 is 1.50 bits per heavy atom. The number of halogens is 1. The Balaban J connectivity index is 2.99. The highest BCUT2D eigenvalue weighted by atomic mass is 35.5.